The summed E-state index contributed by atoms with van der Waals surface area (Å²) >= 11 is 0. The number of furan rings is 1. The van der Waals surface area contributed by atoms with E-state index in [9.17, 15) is 0 Å². The predicted octanol–water partition coefficient (Wildman–Crippen LogP) is 5.20. The fourth-order valence-electron chi connectivity index (χ4n) is 3.80. The van der Waals surface area contributed by atoms with Crippen LogP contribution in [0.15, 0.2) is 34.7 Å². The van der Waals surface area contributed by atoms with Gasteiger partial charge in [-0.2, -0.15) is 0 Å². The first-order valence-corrected chi connectivity index (χ1v) is 9.14. The number of rotatable bonds is 5. The second-order valence-electron chi connectivity index (χ2n) is 6.32. The molecule has 0 radical (unpaired) electrons. The molecule has 25 heavy (non-hydrogen) atoms. The Morgan fingerprint density at radius 2 is 1.84 bits per heavy atom. The Morgan fingerprint density at radius 1 is 1.04 bits per heavy atom. The molecule has 0 bridgehead atoms. The van der Waals surface area contributed by atoms with Crippen molar-refractivity contribution < 1.29 is 18.6 Å². The van der Waals surface area contributed by atoms with Crippen LogP contribution >= 0.6 is 0 Å². The van der Waals surface area contributed by atoms with E-state index >= 15 is 0 Å². The Labute approximate surface area is 147 Å². The van der Waals surface area contributed by atoms with Gasteiger partial charge < -0.3 is 18.6 Å². The minimum atomic E-state index is -0.974. The maximum absolute atomic E-state index is 6.20. The van der Waals surface area contributed by atoms with Crippen molar-refractivity contribution in [2.24, 2.45) is 0 Å². The largest absolute Gasteiger partial charge is 0.456 e. The molecule has 4 nitrogen and oxygen atoms in total. The molecule has 3 aromatic rings. The summed E-state index contributed by atoms with van der Waals surface area (Å²) in [7, 11) is 0. The number of aryl methyl sites for hydroxylation is 2. The van der Waals surface area contributed by atoms with Crippen molar-refractivity contribution in [2.45, 2.75) is 46.0 Å². The summed E-state index contributed by atoms with van der Waals surface area (Å²) in [5.74, 6) is -0.150. The van der Waals surface area contributed by atoms with Gasteiger partial charge in [0.1, 0.15) is 16.9 Å². The Morgan fingerprint density at radius 3 is 2.56 bits per heavy atom. The molecule has 4 heteroatoms. The van der Waals surface area contributed by atoms with Crippen LogP contribution in [0, 0.1) is 0 Å². The number of para-hydroxylation sites is 1. The van der Waals surface area contributed by atoms with E-state index in [4.69, 9.17) is 18.6 Å². The van der Waals surface area contributed by atoms with Crippen molar-refractivity contribution in [3.05, 3.63) is 41.5 Å². The molecule has 0 saturated carbocycles. The molecular formula is C21H24O4. The molecule has 4 rings (SSSR count). The lowest BCUT2D eigenvalue weighted by atomic mass is 9.97. The summed E-state index contributed by atoms with van der Waals surface area (Å²) in [5.41, 5.74) is 4.31. The number of benzene rings is 2. The molecule has 1 aliphatic rings. The predicted molar refractivity (Wildman–Crippen MR) is 98.0 cm³/mol. The average molecular weight is 340 g/mol. The van der Waals surface area contributed by atoms with Gasteiger partial charge in [0.25, 0.3) is 0 Å². The van der Waals surface area contributed by atoms with Crippen molar-refractivity contribution in [2.75, 3.05) is 13.2 Å². The van der Waals surface area contributed by atoms with Crippen LogP contribution in [0.2, 0.25) is 0 Å². The fraction of sp³-hybridized carbons (Fsp3) is 0.429. The molecule has 1 aromatic heterocycles. The van der Waals surface area contributed by atoms with E-state index in [0.717, 1.165) is 40.5 Å². The lowest BCUT2D eigenvalue weighted by molar-refractivity contribution is -0.347. The van der Waals surface area contributed by atoms with Crippen molar-refractivity contribution in [1.82, 2.24) is 0 Å². The first-order chi connectivity index (χ1) is 12.2. The van der Waals surface area contributed by atoms with Gasteiger partial charge in [0.05, 0.1) is 13.2 Å². The van der Waals surface area contributed by atoms with Crippen LogP contribution in [0.4, 0.5) is 0 Å². The molecule has 1 aliphatic heterocycles. The second kappa shape index (κ2) is 6.36. The zero-order chi connectivity index (χ0) is 17.4. The third-order valence-electron chi connectivity index (χ3n) is 4.87. The van der Waals surface area contributed by atoms with Crippen molar-refractivity contribution in [1.29, 1.82) is 0 Å². The van der Waals surface area contributed by atoms with E-state index in [0.29, 0.717) is 19.6 Å². The smallest absolute Gasteiger partial charge is 0.327 e. The van der Waals surface area contributed by atoms with Gasteiger partial charge in [-0.25, -0.2) is 0 Å². The van der Waals surface area contributed by atoms with Gasteiger partial charge in [0, 0.05) is 22.8 Å². The summed E-state index contributed by atoms with van der Waals surface area (Å²) in [4.78, 5) is 0. The summed E-state index contributed by atoms with van der Waals surface area (Å²) in [6.07, 6.45) is 2.45. The molecule has 0 saturated heterocycles. The molecule has 132 valence electrons. The van der Waals surface area contributed by atoms with Crippen LogP contribution in [0.5, 0.6) is 5.75 Å². The summed E-state index contributed by atoms with van der Waals surface area (Å²) < 4.78 is 24.0. The Bertz CT molecular complexity index is 903. The quantitative estimate of drug-likeness (QED) is 0.599. The van der Waals surface area contributed by atoms with Gasteiger partial charge in [-0.15, -0.1) is 0 Å². The van der Waals surface area contributed by atoms with Crippen LogP contribution < -0.4 is 4.74 Å². The first-order valence-electron chi connectivity index (χ1n) is 9.14. The molecule has 0 unspecified atom stereocenters. The Balaban J connectivity index is 1.87. The molecule has 2 aromatic carbocycles. The van der Waals surface area contributed by atoms with Crippen molar-refractivity contribution in [3.63, 3.8) is 0 Å². The van der Waals surface area contributed by atoms with Gasteiger partial charge in [0.15, 0.2) is 0 Å². The van der Waals surface area contributed by atoms with Crippen LogP contribution in [0.25, 0.3) is 21.9 Å². The third-order valence-corrected chi connectivity index (χ3v) is 4.87. The van der Waals surface area contributed by atoms with Gasteiger partial charge in [0.2, 0.25) is 0 Å². The minimum absolute atomic E-state index is 0.548. The highest BCUT2D eigenvalue weighted by Crippen LogP contribution is 2.43. The maximum atomic E-state index is 6.20. The SMILES string of the molecule is CCOC1(OCC)CCc2c(ccc3oc4c(CC)cccc4c23)O1. The summed E-state index contributed by atoms with van der Waals surface area (Å²) in [6, 6.07) is 10.3. The number of hydrogen-bond donors (Lipinski definition) is 0. The lowest BCUT2D eigenvalue weighted by Gasteiger charge is -2.37. The summed E-state index contributed by atoms with van der Waals surface area (Å²) in [5, 5.41) is 2.32. The highest BCUT2D eigenvalue weighted by Gasteiger charge is 2.39. The van der Waals surface area contributed by atoms with Crippen LogP contribution in [0.3, 0.4) is 0 Å². The number of ether oxygens (including phenoxy) is 3. The number of hydrogen-bond acceptors (Lipinski definition) is 4. The zero-order valence-electron chi connectivity index (χ0n) is 15.1. The van der Waals surface area contributed by atoms with E-state index in [1.165, 1.54) is 11.1 Å². The highest BCUT2D eigenvalue weighted by atomic mass is 16.9. The molecule has 0 fully saturated rings. The Kier molecular flexibility index (Phi) is 4.18. The normalized spacial score (nSPS) is 16.1. The molecule has 0 atom stereocenters. The van der Waals surface area contributed by atoms with E-state index < -0.39 is 5.97 Å². The molecule has 0 amide bonds. The molecule has 0 spiro atoms. The van der Waals surface area contributed by atoms with Crippen molar-refractivity contribution in [3.8, 4) is 5.75 Å². The van der Waals surface area contributed by atoms with E-state index in [1.807, 2.05) is 26.0 Å². The van der Waals surface area contributed by atoms with Gasteiger partial charge in [-0.05, 0) is 44.4 Å². The minimum Gasteiger partial charge on any atom is -0.456 e. The monoisotopic (exact) mass is 340 g/mol. The van der Waals surface area contributed by atoms with Crippen LogP contribution in [-0.4, -0.2) is 19.2 Å². The number of fused-ring (bicyclic) bond motifs is 5. The van der Waals surface area contributed by atoms with Crippen molar-refractivity contribution >= 4 is 21.9 Å². The van der Waals surface area contributed by atoms with Gasteiger partial charge in [-0.3, -0.25) is 0 Å². The highest BCUT2D eigenvalue weighted by molar-refractivity contribution is 6.08. The molecule has 2 heterocycles. The average Bonchev–Trinajstić information content (AvgIpc) is 3.01. The van der Waals surface area contributed by atoms with Crippen LogP contribution in [0.1, 0.15) is 38.3 Å². The van der Waals surface area contributed by atoms with E-state index in [2.05, 4.69) is 25.1 Å². The topological polar surface area (TPSA) is 40.8 Å². The van der Waals surface area contributed by atoms with Gasteiger partial charge >= 0.3 is 5.97 Å². The molecule has 0 N–H and O–H groups in total. The van der Waals surface area contributed by atoms with E-state index in [1.54, 1.807) is 0 Å². The standard InChI is InChI=1S/C21H24O4/c1-4-14-8-7-9-16-19-15-12-13-21(22-5-2,23-6-3)25-17(15)10-11-18(19)24-20(14)16/h7-11H,4-6,12-13H2,1-3H3. The molecule has 0 aliphatic carbocycles. The van der Waals surface area contributed by atoms with E-state index in [-0.39, 0.29) is 0 Å². The molecular weight excluding hydrogens is 316 g/mol. The lowest BCUT2D eigenvalue weighted by Crippen LogP contribution is -2.45. The summed E-state index contributed by atoms with van der Waals surface area (Å²) in [6.45, 7) is 7.16. The maximum Gasteiger partial charge on any atom is 0.327 e. The zero-order valence-corrected chi connectivity index (χ0v) is 15.1. The second-order valence-corrected chi connectivity index (χ2v) is 6.32. The first kappa shape index (κ1) is 16.4. The van der Waals surface area contributed by atoms with Crippen LogP contribution in [-0.2, 0) is 22.3 Å². The van der Waals surface area contributed by atoms with Gasteiger partial charge in [-0.1, -0.05) is 25.1 Å². The fourth-order valence-corrected chi connectivity index (χ4v) is 3.80. The Hall–Kier alpha value is -2.04. The third kappa shape index (κ3) is 2.60.